The van der Waals surface area contributed by atoms with Crippen LogP contribution in [-0.2, 0) is 4.79 Å². The van der Waals surface area contributed by atoms with Crippen LogP contribution in [0.3, 0.4) is 0 Å². The highest BCUT2D eigenvalue weighted by molar-refractivity contribution is 6.32. The Kier molecular flexibility index (Phi) is 6.04. The molecule has 0 fully saturated rings. The van der Waals surface area contributed by atoms with Crippen molar-refractivity contribution in [1.82, 2.24) is 14.8 Å². The van der Waals surface area contributed by atoms with Gasteiger partial charge in [0.1, 0.15) is 25.3 Å². The van der Waals surface area contributed by atoms with Crippen LogP contribution in [0.1, 0.15) is 24.9 Å². The van der Waals surface area contributed by atoms with Gasteiger partial charge in [-0.1, -0.05) is 29.8 Å². The Morgan fingerprint density at radius 1 is 1.10 bits per heavy atom. The van der Waals surface area contributed by atoms with Crippen molar-refractivity contribution in [3.05, 3.63) is 59.4 Å². The summed E-state index contributed by atoms with van der Waals surface area (Å²) in [6.45, 7) is 3.04. The summed E-state index contributed by atoms with van der Waals surface area (Å²) in [6.07, 6.45) is 1.70. The number of nitrogens with zero attached hydrogens (tertiary/aromatic N) is 3. The number of rotatable bonds is 8. The minimum atomic E-state index is -0.256. The third-order valence-corrected chi connectivity index (χ3v) is 4.90. The molecule has 1 aliphatic heterocycles. The lowest BCUT2D eigenvalue weighted by atomic mass is 10.0. The number of para-hydroxylation sites is 1. The van der Waals surface area contributed by atoms with E-state index in [1.165, 1.54) is 6.33 Å². The molecule has 2 aromatic carbocycles. The van der Waals surface area contributed by atoms with E-state index in [1.54, 1.807) is 10.7 Å². The second kappa shape index (κ2) is 9.04. The number of carbonyl (C=O) groups excluding carboxylic acids is 1. The first-order valence-electron chi connectivity index (χ1n) is 9.62. The van der Waals surface area contributed by atoms with Crippen LogP contribution in [-0.4, -0.2) is 40.5 Å². The Morgan fingerprint density at radius 3 is 2.70 bits per heavy atom. The molecule has 0 unspecified atom stereocenters. The topological polar surface area (TPSA) is 87.5 Å². The Morgan fingerprint density at radius 2 is 1.90 bits per heavy atom. The number of aromatic nitrogens is 3. The molecule has 1 N–H and O–H groups in total. The fraction of sp³-hybridized carbons (Fsp3) is 0.286. The summed E-state index contributed by atoms with van der Waals surface area (Å²) < 4.78 is 19.0. The Bertz CT molecular complexity index is 1040. The standard InChI is InChI=1S/C21H21ClN4O4/c1-2-28-19-11-14(16-12-20(27)25-21-23-13-24-26(16)21)7-8-18(19)30-10-9-29-17-6-4-3-5-15(17)22/h3-8,11,13,16H,2,9-10,12H2,1H3,(H,23,24,25,27)/t16-/m0/s1. The molecular formula is C21H21ClN4O4. The molecule has 30 heavy (non-hydrogen) atoms. The van der Waals surface area contributed by atoms with Gasteiger partial charge in [0.25, 0.3) is 0 Å². The lowest BCUT2D eigenvalue weighted by Gasteiger charge is -2.24. The van der Waals surface area contributed by atoms with E-state index in [1.807, 2.05) is 43.3 Å². The number of nitrogens with one attached hydrogen (secondary N) is 1. The number of amides is 1. The van der Waals surface area contributed by atoms with Gasteiger partial charge in [-0.3, -0.25) is 10.1 Å². The SMILES string of the molecule is CCOc1cc([C@@H]2CC(=O)Nc3ncnn32)ccc1OCCOc1ccccc1Cl. The number of anilines is 1. The van der Waals surface area contributed by atoms with Gasteiger partial charge in [0.15, 0.2) is 11.5 Å². The zero-order valence-electron chi connectivity index (χ0n) is 16.4. The Labute approximate surface area is 178 Å². The molecule has 3 aromatic rings. The van der Waals surface area contributed by atoms with E-state index < -0.39 is 0 Å². The van der Waals surface area contributed by atoms with E-state index in [-0.39, 0.29) is 18.4 Å². The number of carbonyl (C=O) groups is 1. The second-order valence-electron chi connectivity index (χ2n) is 6.56. The van der Waals surface area contributed by atoms with E-state index >= 15 is 0 Å². The van der Waals surface area contributed by atoms with Crippen molar-refractivity contribution in [1.29, 1.82) is 0 Å². The second-order valence-corrected chi connectivity index (χ2v) is 6.97. The van der Waals surface area contributed by atoms with Crippen molar-refractivity contribution in [3.8, 4) is 17.2 Å². The van der Waals surface area contributed by atoms with Crippen LogP contribution in [0.2, 0.25) is 5.02 Å². The first-order valence-corrected chi connectivity index (χ1v) is 9.99. The average molecular weight is 429 g/mol. The molecular weight excluding hydrogens is 408 g/mol. The van der Waals surface area contributed by atoms with Gasteiger partial charge in [-0.15, -0.1) is 0 Å². The molecule has 0 aliphatic carbocycles. The predicted octanol–water partition coefficient (Wildman–Crippen LogP) is 3.72. The van der Waals surface area contributed by atoms with Crippen molar-refractivity contribution < 1.29 is 19.0 Å². The van der Waals surface area contributed by atoms with Crippen LogP contribution in [0.25, 0.3) is 0 Å². The molecule has 8 nitrogen and oxygen atoms in total. The number of hydrogen-bond donors (Lipinski definition) is 1. The summed E-state index contributed by atoms with van der Waals surface area (Å²) in [5.74, 6) is 2.15. The van der Waals surface area contributed by atoms with E-state index in [0.717, 1.165) is 5.56 Å². The summed E-state index contributed by atoms with van der Waals surface area (Å²) in [4.78, 5) is 16.1. The smallest absolute Gasteiger partial charge is 0.229 e. The van der Waals surface area contributed by atoms with Gasteiger partial charge in [-0.25, -0.2) is 4.68 Å². The van der Waals surface area contributed by atoms with Crippen molar-refractivity contribution >= 4 is 23.5 Å². The first-order chi connectivity index (χ1) is 14.7. The van der Waals surface area contributed by atoms with E-state index in [9.17, 15) is 4.79 Å². The molecule has 0 bridgehead atoms. The zero-order valence-corrected chi connectivity index (χ0v) is 17.1. The lowest BCUT2D eigenvalue weighted by Crippen LogP contribution is -2.29. The van der Waals surface area contributed by atoms with Crippen molar-refractivity contribution in [2.24, 2.45) is 0 Å². The van der Waals surface area contributed by atoms with Crippen LogP contribution >= 0.6 is 11.6 Å². The highest BCUT2D eigenvalue weighted by atomic mass is 35.5. The van der Waals surface area contributed by atoms with Crippen LogP contribution < -0.4 is 19.5 Å². The number of fused-ring (bicyclic) bond motifs is 1. The summed E-state index contributed by atoms with van der Waals surface area (Å²) in [5.41, 5.74) is 0.889. The predicted molar refractivity (Wildman–Crippen MR) is 111 cm³/mol. The van der Waals surface area contributed by atoms with Crippen molar-refractivity contribution in [2.75, 3.05) is 25.1 Å². The maximum absolute atomic E-state index is 12.0. The number of hydrogen-bond acceptors (Lipinski definition) is 6. The number of benzene rings is 2. The molecule has 0 radical (unpaired) electrons. The molecule has 1 atom stereocenters. The molecule has 1 aliphatic rings. The third-order valence-electron chi connectivity index (χ3n) is 4.59. The highest BCUT2D eigenvalue weighted by Crippen LogP contribution is 2.35. The maximum Gasteiger partial charge on any atom is 0.229 e. The summed E-state index contributed by atoms with van der Waals surface area (Å²) >= 11 is 6.09. The van der Waals surface area contributed by atoms with Crippen molar-refractivity contribution in [2.45, 2.75) is 19.4 Å². The van der Waals surface area contributed by atoms with Crippen molar-refractivity contribution in [3.63, 3.8) is 0 Å². The van der Waals surface area contributed by atoms with Gasteiger partial charge in [-0.2, -0.15) is 10.1 Å². The molecule has 0 saturated carbocycles. The minimum Gasteiger partial charge on any atom is -0.490 e. The van der Waals surface area contributed by atoms with Crippen LogP contribution in [0.15, 0.2) is 48.8 Å². The number of halogens is 1. The van der Waals surface area contributed by atoms with Gasteiger partial charge < -0.3 is 14.2 Å². The molecule has 2 heterocycles. The zero-order chi connectivity index (χ0) is 20.9. The molecule has 9 heteroatoms. The average Bonchev–Trinajstić information content (AvgIpc) is 3.21. The molecule has 1 amide bonds. The van der Waals surface area contributed by atoms with Gasteiger partial charge >= 0.3 is 0 Å². The van der Waals surface area contributed by atoms with E-state index in [4.69, 9.17) is 25.8 Å². The van der Waals surface area contributed by atoms with Gasteiger partial charge in [0, 0.05) is 0 Å². The fourth-order valence-electron chi connectivity index (χ4n) is 3.25. The normalized spacial score (nSPS) is 15.3. The summed E-state index contributed by atoms with van der Waals surface area (Å²) in [7, 11) is 0. The van der Waals surface area contributed by atoms with Crippen LogP contribution in [0.5, 0.6) is 17.2 Å². The summed E-state index contributed by atoms with van der Waals surface area (Å²) in [6, 6.07) is 12.6. The highest BCUT2D eigenvalue weighted by Gasteiger charge is 2.28. The first kappa shape index (κ1) is 20.0. The molecule has 1 aromatic heterocycles. The minimum absolute atomic E-state index is 0.101. The Hall–Kier alpha value is -3.26. The van der Waals surface area contributed by atoms with E-state index in [0.29, 0.717) is 48.0 Å². The molecule has 156 valence electrons. The molecule has 4 rings (SSSR count). The van der Waals surface area contributed by atoms with Crippen LogP contribution in [0, 0.1) is 0 Å². The Balaban J connectivity index is 1.46. The monoisotopic (exact) mass is 428 g/mol. The largest absolute Gasteiger partial charge is 0.490 e. The van der Waals surface area contributed by atoms with Crippen LogP contribution in [0.4, 0.5) is 5.95 Å². The van der Waals surface area contributed by atoms with Gasteiger partial charge in [-0.05, 0) is 36.8 Å². The third kappa shape index (κ3) is 4.33. The van der Waals surface area contributed by atoms with E-state index in [2.05, 4.69) is 15.4 Å². The molecule has 0 spiro atoms. The summed E-state index contributed by atoms with van der Waals surface area (Å²) in [5, 5.41) is 7.51. The fourth-order valence-corrected chi connectivity index (χ4v) is 3.44. The quantitative estimate of drug-likeness (QED) is 0.550. The number of ether oxygens (including phenoxy) is 3. The molecule has 0 saturated heterocycles. The maximum atomic E-state index is 12.0. The lowest BCUT2D eigenvalue weighted by molar-refractivity contribution is -0.117. The van der Waals surface area contributed by atoms with Gasteiger partial charge in [0.2, 0.25) is 11.9 Å². The van der Waals surface area contributed by atoms with Gasteiger partial charge in [0.05, 0.1) is 24.1 Å².